The molecule has 30 heavy (non-hydrogen) atoms. The van der Waals surface area contributed by atoms with Gasteiger partial charge in [0.2, 0.25) is 5.91 Å². The van der Waals surface area contributed by atoms with E-state index in [2.05, 4.69) is 10.6 Å². The maximum Gasteiger partial charge on any atom is 0.254 e. The number of carbonyl (C=O) groups excluding carboxylic acids is 2. The highest BCUT2D eigenvalue weighted by Gasteiger charge is 2.27. The van der Waals surface area contributed by atoms with Gasteiger partial charge in [-0.25, -0.2) is 0 Å². The summed E-state index contributed by atoms with van der Waals surface area (Å²) in [5.74, 6) is -0.329. The van der Waals surface area contributed by atoms with E-state index in [-0.39, 0.29) is 17.9 Å². The van der Waals surface area contributed by atoms with E-state index in [1.165, 1.54) is 16.5 Å². The van der Waals surface area contributed by atoms with E-state index in [4.69, 9.17) is 4.74 Å². The van der Waals surface area contributed by atoms with E-state index in [0.29, 0.717) is 17.1 Å². The van der Waals surface area contributed by atoms with Crippen molar-refractivity contribution in [3.63, 3.8) is 0 Å². The van der Waals surface area contributed by atoms with Gasteiger partial charge in [-0.05, 0) is 62.7 Å². The van der Waals surface area contributed by atoms with Gasteiger partial charge >= 0.3 is 0 Å². The molecule has 2 N–H and O–H groups in total. The quantitative estimate of drug-likeness (QED) is 0.671. The summed E-state index contributed by atoms with van der Waals surface area (Å²) >= 11 is 1.54. The molecule has 1 aromatic carbocycles. The van der Waals surface area contributed by atoms with Gasteiger partial charge in [0, 0.05) is 24.1 Å². The number of carbonyl (C=O) groups is 2. The van der Waals surface area contributed by atoms with Crippen LogP contribution in [0.1, 0.15) is 57.6 Å². The lowest BCUT2D eigenvalue weighted by molar-refractivity contribution is -0.111. The number of hydrogen-bond acceptors (Lipinski definition) is 4. The summed E-state index contributed by atoms with van der Waals surface area (Å²) in [5.41, 5.74) is 3.90. The number of ether oxygens (including phenoxy) is 1. The van der Waals surface area contributed by atoms with Crippen LogP contribution >= 0.6 is 11.3 Å². The number of hydrogen-bond donors (Lipinski definition) is 2. The molecule has 1 atom stereocenters. The molecule has 1 fully saturated rings. The second kappa shape index (κ2) is 9.58. The summed E-state index contributed by atoms with van der Waals surface area (Å²) in [4.78, 5) is 26.8. The number of anilines is 1. The lowest BCUT2D eigenvalue weighted by Crippen LogP contribution is -2.32. The van der Waals surface area contributed by atoms with E-state index in [0.717, 1.165) is 56.3 Å². The van der Waals surface area contributed by atoms with Crippen molar-refractivity contribution in [3.8, 4) is 0 Å². The largest absolute Gasteiger partial charge is 0.376 e. The third-order valence-corrected chi connectivity index (χ3v) is 6.86. The van der Waals surface area contributed by atoms with Crippen molar-refractivity contribution in [1.82, 2.24) is 5.32 Å². The second-order valence-electron chi connectivity index (χ2n) is 7.99. The fourth-order valence-electron chi connectivity index (χ4n) is 4.00. The summed E-state index contributed by atoms with van der Waals surface area (Å²) in [6.07, 6.45) is 9.51. The molecule has 6 heteroatoms. The van der Waals surface area contributed by atoms with Gasteiger partial charge in [-0.2, -0.15) is 0 Å². The van der Waals surface area contributed by atoms with Crippen LogP contribution in [0.2, 0.25) is 0 Å². The van der Waals surface area contributed by atoms with Gasteiger partial charge in [0.15, 0.2) is 0 Å². The van der Waals surface area contributed by atoms with Crippen molar-refractivity contribution in [1.29, 1.82) is 0 Å². The van der Waals surface area contributed by atoms with Crippen LogP contribution in [0.25, 0.3) is 6.08 Å². The Morgan fingerprint density at radius 3 is 2.73 bits per heavy atom. The van der Waals surface area contributed by atoms with Gasteiger partial charge in [0.1, 0.15) is 5.00 Å². The molecule has 1 saturated heterocycles. The number of rotatable bonds is 6. The standard InChI is InChI=1S/C24H28N2O3S/c1-16-8-10-17(11-9-16)12-13-21(27)26-24-22(19-6-2-3-7-20(19)30-24)23(28)25-15-18-5-4-14-29-18/h8-13,18H,2-7,14-15H2,1H3,(H,25,28)(H,26,27)/b13-12+/t18-/m0/s1. The van der Waals surface area contributed by atoms with Crippen LogP contribution in [-0.2, 0) is 22.4 Å². The molecule has 158 valence electrons. The third kappa shape index (κ3) is 4.99. The lowest BCUT2D eigenvalue weighted by Gasteiger charge is -2.15. The first-order chi connectivity index (χ1) is 14.6. The van der Waals surface area contributed by atoms with Crippen LogP contribution in [0.15, 0.2) is 30.3 Å². The number of benzene rings is 1. The molecule has 4 rings (SSSR count). The summed E-state index contributed by atoms with van der Waals surface area (Å²) in [5, 5.41) is 6.64. The first kappa shape index (κ1) is 20.8. The first-order valence-corrected chi connectivity index (χ1v) is 11.5. The fourth-order valence-corrected chi connectivity index (χ4v) is 5.29. The van der Waals surface area contributed by atoms with E-state index in [1.807, 2.05) is 31.2 Å². The number of nitrogens with one attached hydrogen (secondary N) is 2. The van der Waals surface area contributed by atoms with Gasteiger partial charge in [0.05, 0.1) is 11.7 Å². The number of amides is 2. The number of fused-ring (bicyclic) bond motifs is 1. The van der Waals surface area contributed by atoms with Crippen molar-refractivity contribution in [2.75, 3.05) is 18.5 Å². The molecule has 1 aliphatic carbocycles. The van der Waals surface area contributed by atoms with E-state index in [1.54, 1.807) is 17.4 Å². The molecule has 2 aromatic rings. The molecule has 2 heterocycles. The van der Waals surface area contributed by atoms with Gasteiger partial charge in [-0.3, -0.25) is 9.59 Å². The predicted molar refractivity (Wildman–Crippen MR) is 121 cm³/mol. The average molecular weight is 425 g/mol. The van der Waals surface area contributed by atoms with Crippen LogP contribution in [-0.4, -0.2) is 31.1 Å². The van der Waals surface area contributed by atoms with Crippen LogP contribution in [0.5, 0.6) is 0 Å². The Bertz CT molecular complexity index is 940. The van der Waals surface area contributed by atoms with Crippen LogP contribution < -0.4 is 10.6 Å². The summed E-state index contributed by atoms with van der Waals surface area (Å²) in [7, 11) is 0. The van der Waals surface area contributed by atoms with Gasteiger partial charge in [-0.1, -0.05) is 29.8 Å². The predicted octanol–water partition coefficient (Wildman–Crippen LogP) is 4.50. The maximum atomic E-state index is 13.0. The molecule has 1 aromatic heterocycles. The first-order valence-electron chi connectivity index (χ1n) is 10.7. The minimum Gasteiger partial charge on any atom is -0.376 e. The third-order valence-electron chi connectivity index (χ3n) is 5.65. The zero-order chi connectivity index (χ0) is 20.9. The summed E-state index contributed by atoms with van der Waals surface area (Å²) in [6, 6.07) is 7.99. The fraction of sp³-hybridized carbons (Fsp3) is 0.417. The normalized spacial score (nSPS) is 18.4. The van der Waals surface area contributed by atoms with Gasteiger partial charge in [0.25, 0.3) is 5.91 Å². The number of aryl methyl sites for hydroxylation is 2. The molecule has 1 aliphatic heterocycles. The minimum atomic E-state index is -0.220. The van der Waals surface area contributed by atoms with Gasteiger partial charge < -0.3 is 15.4 Å². The Kier molecular flexibility index (Phi) is 6.65. The van der Waals surface area contributed by atoms with Crippen LogP contribution in [0.3, 0.4) is 0 Å². The SMILES string of the molecule is Cc1ccc(/C=C/C(=O)Nc2sc3c(c2C(=O)NC[C@@H]2CCCO2)CCCC3)cc1. The summed E-state index contributed by atoms with van der Waals surface area (Å²) in [6.45, 7) is 3.32. The van der Waals surface area contributed by atoms with Crippen molar-refractivity contribution in [3.05, 3.63) is 57.5 Å². The highest BCUT2D eigenvalue weighted by molar-refractivity contribution is 7.17. The molecule has 0 unspecified atom stereocenters. The Balaban J connectivity index is 1.48. The van der Waals surface area contributed by atoms with Crippen molar-refractivity contribution in [2.24, 2.45) is 0 Å². The molecular weight excluding hydrogens is 396 g/mol. The monoisotopic (exact) mass is 424 g/mol. The molecule has 0 saturated carbocycles. The van der Waals surface area contributed by atoms with E-state index >= 15 is 0 Å². The molecule has 0 bridgehead atoms. The van der Waals surface area contributed by atoms with Crippen molar-refractivity contribution < 1.29 is 14.3 Å². The second-order valence-corrected chi connectivity index (χ2v) is 9.10. The van der Waals surface area contributed by atoms with Crippen LogP contribution in [0, 0.1) is 6.92 Å². The Hall–Kier alpha value is -2.44. The van der Waals surface area contributed by atoms with E-state index < -0.39 is 0 Å². The van der Waals surface area contributed by atoms with E-state index in [9.17, 15) is 9.59 Å². The average Bonchev–Trinajstić information content (AvgIpc) is 3.39. The minimum absolute atomic E-state index is 0.0962. The highest BCUT2D eigenvalue weighted by Crippen LogP contribution is 2.38. The topological polar surface area (TPSA) is 67.4 Å². The van der Waals surface area contributed by atoms with Crippen molar-refractivity contribution >= 4 is 34.2 Å². The lowest BCUT2D eigenvalue weighted by atomic mass is 9.95. The van der Waals surface area contributed by atoms with Crippen LogP contribution in [0.4, 0.5) is 5.00 Å². The molecule has 5 nitrogen and oxygen atoms in total. The zero-order valence-corrected chi connectivity index (χ0v) is 18.1. The summed E-state index contributed by atoms with van der Waals surface area (Å²) < 4.78 is 5.62. The maximum absolute atomic E-state index is 13.0. The Morgan fingerprint density at radius 1 is 1.17 bits per heavy atom. The molecule has 0 radical (unpaired) electrons. The highest BCUT2D eigenvalue weighted by atomic mass is 32.1. The molecule has 0 spiro atoms. The van der Waals surface area contributed by atoms with Gasteiger partial charge in [-0.15, -0.1) is 11.3 Å². The molecule has 2 amide bonds. The Morgan fingerprint density at radius 2 is 1.97 bits per heavy atom. The molecular formula is C24H28N2O3S. The molecule has 2 aliphatic rings. The smallest absolute Gasteiger partial charge is 0.254 e. The zero-order valence-electron chi connectivity index (χ0n) is 17.3. The number of thiophene rings is 1. The van der Waals surface area contributed by atoms with Crippen molar-refractivity contribution in [2.45, 2.75) is 51.6 Å². The Labute approximate surface area is 181 Å².